The molecule has 9 heteroatoms. The lowest BCUT2D eigenvalue weighted by atomic mass is 10.1. The van der Waals surface area contributed by atoms with E-state index in [2.05, 4.69) is 42.7 Å². The van der Waals surface area contributed by atoms with Crippen LogP contribution >= 0.6 is 0 Å². The number of carboxylic acid groups (broad SMARTS) is 1. The summed E-state index contributed by atoms with van der Waals surface area (Å²) >= 11 is 0. The standard InChI is InChI=1S/C34H60N2O7/c1-3-5-7-9-10-11-12-13-14-15-16-22-26-33(40)43-29(23-19-8-6-4-2)24-20-17-18-21-25-31(38)35-27-32(39)36-30(28-37)34(41)42/h10-11,19,23,29-30,37H,3-9,12-18,20-22,24-28H2,1-2H3,(H,35,38)(H,36,39)(H,41,42)/b11-10-,23-19-. The second-order valence-electron chi connectivity index (χ2n) is 11.2. The maximum Gasteiger partial charge on any atom is 0.328 e. The monoisotopic (exact) mass is 608 g/mol. The van der Waals surface area contributed by atoms with Crippen molar-refractivity contribution in [2.45, 2.75) is 154 Å². The fourth-order valence-corrected chi connectivity index (χ4v) is 4.48. The Labute approximate surface area is 260 Å². The lowest BCUT2D eigenvalue weighted by molar-refractivity contribution is -0.147. The van der Waals surface area contributed by atoms with E-state index < -0.39 is 24.5 Å². The number of esters is 1. The fraction of sp³-hybridized carbons (Fsp3) is 0.765. The van der Waals surface area contributed by atoms with Crippen LogP contribution in [0.2, 0.25) is 0 Å². The lowest BCUT2D eigenvalue weighted by Crippen LogP contribution is -2.47. The van der Waals surface area contributed by atoms with Crippen molar-refractivity contribution in [1.82, 2.24) is 10.6 Å². The summed E-state index contributed by atoms with van der Waals surface area (Å²) in [4.78, 5) is 47.0. The summed E-state index contributed by atoms with van der Waals surface area (Å²) in [5.41, 5.74) is 0. The topological polar surface area (TPSA) is 142 Å². The number of carboxylic acids is 1. The van der Waals surface area contributed by atoms with E-state index in [4.69, 9.17) is 14.9 Å². The molecule has 0 aliphatic rings. The lowest BCUT2D eigenvalue weighted by Gasteiger charge is -2.15. The zero-order chi connectivity index (χ0) is 32.0. The first-order valence-electron chi connectivity index (χ1n) is 16.7. The van der Waals surface area contributed by atoms with E-state index in [-0.39, 0.29) is 30.9 Å². The molecule has 0 fully saturated rings. The van der Waals surface area contributed by atoms with Crippen molar-refractivity contribution in [2.75, 3.05) is 13.2 Å². The van der Waals surface area contributed by atoms with Gasteiger partial charge < -0.3 is 25.6 Å². The van der Waals surface area contributed by atoms with Gasteiger partial charge in [-0.05, 0) is 63.9 Å². The molecular weight excluding hydrogens is 548 g/mol. The Kier molecular flexibility index (Phi) is 27.6. The van der Waals surface area contributed by atoms with Crippen LogP contribution < -0.4 is 10.6 Å². The van der Waals surface area contributed by atoms with Crippen molar-refractivity contribution >= 4 is 23.8 Å². The normalized spacial score (nSPS) is 12.8. The highest BCUT2D eigenvalue weighted by Gasteiger charge is 2.18. The molecule has 0 aromatic rings. The minimum absolute atomic E-state index is 0.130. The third kappa shape index (κ3) is 26.7. The molecule has 0 aromatic carbocycles. The van der Waals surface area contributed by atoms with Gasteiger partial charge in [-0.3, -0.25) is 14.4 Å². The molecule has 43 heavy (non-hydrogen) atoms. The summed E-state index contributed by atoms with van der Waals surface area (Å²) in [7, 11) is 0. The summed E-state index contributed by atoms with van der Waals surface area (Å²) in [6.45, 7) is 3.32. The Morgan fingerprint density at radius 1 is 0.698 bits per heavy atom. The molecule has 0 rings (SSSR count). The second-order valence-corrected chi connectivity index (χ2v) is 11.2. The van der Waals surface area contributed by atoms with E-state index in [1.807, 2.05) is 6.08 Å². The van der Waals surface area contributed by atoms with E-state index in [0.29, 0.717) is 12.8 Å². The van der Waals surface area contributed by atoms with Crippen molar-refractivity contribution in [2.24, 2.45) is 0 Å². The summed E-state index contributed by atoms with van der Waals surface area (Å²) in [5.74, 6) is -2.42. The SMILES string of the molecule is CCCC/C=C\C(CCCCCCC(=O)NCC(=O)NC(CO)C(=O)O)OC(=O)CCCCCCC/C=C\CCCCC. The molecule has 0 bridgehead atoms. The quantitative estimate of drug-likeness (QED) is 0.0430. The number of hydrogen-bond acceptors (Lipinski definition) is 6. The van der Waals surface area contributed by atoms with E-state index in [0.717, 1.165) is 70.6 Å². The van der Waals surface area contributed by atoms with Gasteiger partial charge in [-0.1, -0.05) is 89.9 Å². The van der Waals surface area contributed by atoms with Crippen LogP contribution in [-0.2, 0) is 23.9 Å². The van der Waals surface area contributed by atoms with Gasteiger partial charge in [0.2, 0.25) is 11.8 Å². The van der Waals surface area contributed by atoms with Gasteiger partial charge in [0, 0.05) is 12.8 Å². The van der Waals surface area contributed by atoms with E-state index in [1.54, 1.807) is 0 Å². The predicted octanol–water partition coefficient (Wildman–Crippen LogP) is 6.53. The van der Waals surface area contributed by atoms with E-state index >= 15 is 0 Å². The number of nitrogens with one attached hydrogen (secondary N) is 2. The molecule has 0 saturated carbocycles. The predicted molar refractivity (Wildman–Crippen MR) is 172 cm³/mol. The average Bonchev–Trinajstić information content (AvgIpc) is 2.98. The molecule has 0 aromatic heterocycles. The summed E-state index contributed by atoms with van der Waals surface area (Å²) in [6, 6.07) is -1.39. The Hall–Kier alpha value is -2.68. The first-order chi connectivity index (χ1) is 20.8. The maximum absolute atomic E-state index is 12.5. The molecular formula is C34H60N2O7. The highest BCUT2D eigenvalue weighted by molar-refractivity contribution is 5.87. The summed E-state index contributed by atoms with van der Waals surface area (Å²) in [6.07, 6.45) is 28.2. The third-order valence-corrected chi connectivity index (χ3v) is 7.16. The van der Waals surface area contributed by atoms with Gasteiger partial charge in [0.05, 0.1) is 13.2 Å². The van der Waals surface area contributed by atoms with Crippen molar-refractivity contribution in [1.29, 1.82) is 0 Å². The minimum Gasteiger partial charge on any atom is -0.480 e. The maximum atomic E-state index is 12.5. The molecule has 0 aliphatic carbocycles. The average molecular weight is 609 g/mol. The second kappa shape index (κ2) is 29.4. The van der Waals surface area contributed by atoms with Gasteiger partial charge in [-0.25, -0.2) is 4.79 Å². The number of rotatable bonds is 29. The van der Waals surface area contributed by atoms with Gasteiger partial charge in [-0.15, -0.1) is 0 Å². The molecule has 4 N–H and O–H groups in total. The van der Waals surface area contributed by atoms with Crippen LogP contribution in [-0.4, -0.2) is 59.3 Å². The number of allylic oxidation sites excluding steroid dienone is 3. The number of carbonyl (C=O) groups excluding carboxylic acids is 3. The molecule has 9 nitrogen and oxygen atoms in total. The van der Waals surface area contributed by atoms with Crippen LogP contribution in [0.4, 0.5) is 0 Å². The van der Waals surface area contributed by atoms with E-state index in [9.17, 15) is 19.2 Å². The number of aliphatic carboxylic acids is 1. The zero-order valence-corrected chi connectivity index (χ0v) is 27.0. The Morgan fingerprint density at radius 2 is 1.28 bits per heavy atom. The number of aliphatic hydroxyl groups is 1. The van der Waals surface area contributed by atoms with Crippen LogP contribution in [0.15, 0.2) is 24.3 Å². The highest BCUT2D eigenvalue weighted by atomic mass is 16.5. The molecule has 0 radical (unpaired) electrons. The van der Waals surface area contributed by atoms with Crippen LogP contribution in [0.25, 0.3) is 0 Å². The van der Waals surface area contributed by atoms with Crippen LogP contribution in [0.3, 0.4) is 0 Å². The van der Waals surface area contributed by atoms with Gasteiger partial charge in [0.15, 0.2) is 0 Å². The Bertz CT molecular complexity index is 798. The smallest absolute Gasteiger partial charge is 0.328 e. The van der Waals surface area contributed by atoms with Crippen molar-refractivity contribution in [3.05, 3.63) is 24.3 Å². The number of unbranched alkanes of at least 4 members (excludes halogenated alkanes) is 13. The molecule has 2 amide bonds. The van der Waals surface area contributed by atoms with Crippen LogP contribution in [0.5, 0.6) is 0 Å². The Balaban J connectivity index is 4.13. The van der Waals surface area contributed by atoms with Crippen molar-refractivity contribution < 1.29 is 34.1 Å². The highest BCUT2D eigenvalue weighted by Crippen LogP contribution is 2.14. The molecule has 2 unspecified atom stereocenters. The number of ether oxygens (including phenoxy) is 1. The van der Waals surface area contributed by atoms with Crippen molar-refractivity contribution in [3.63, 3.8) is 0 Å². The zero-order valence-electron chi connectivity index (χ0n) is 27.0. The minimum atomic E-state index is -1.39. The molecule has 248 valence electrons. The number of amides is 2. The Morgan fingerprint density at radius 3 is 1.93 bits per heavy atom. The number of aliphatic hydroxyl groups excluding tert-OH is 1. The first-order valence-corrected chi connectivity index (χ1v) is 16.7. The van der Waals surface area contributed by atoms with Gasteiger partial charge in [0.1, 0.15) is 12.1 Å². The number of hydrogen-bond donors (Lipinski definition) is 4. The number of carbonyl (C=O) groups is 4. The third-order valence-electron chi connectivity index (χ3n) is 7.16. The first kappa shape index (κ1) is 40.3. The summed E-state index contributed by atoms with van der Waals surface area (Å²) < 4.78 is 5.79. The van der Waals surface area contributed by atoms with Crippen LogP contribution in [0, 0.1) is 0 Å². The molecule has 0 heterocycles. The summed E-state index contributed by atoms with van der Waals surface area (Å²) in [5, 5.41) is 22.4. The van der Waals surface area contributed by atoms with Gasteiger partial charge >= 0.3 is 11.9 Å². The van der Waals surface area contributed by atoms with Crippen LogP contribution in [0.1, 0.15) is 142 Å². The molecule has 0 spiro atoms. The van der Waals surface area contributed by atoms with Gasteiger partial charge in [-0.2, -0.15) is 0 Å². The van der Waals surface area contributed by atoms with E-state index in [1.165, 1.54) is 38.5 Å². The molecule has 0 aliphatic heterocycles. The molecule has 2 atom stereocenters. The largest absolute Gasteiger partial charge is 0.480 e. The fourth-order valence-electron chi connectivity index (χ4n) is 4.48. The molecule has 0 saturated heterocycles. The van der Waals surface area contributed by atoms with Gasteiger partial charge in [0.25, 0.3) is 0 Å². The van der Waals surface area contributed by atoms with Crippen molar-refractivity contribution in [3.8, 4) is 0 Å².